The molecule has 0 aliphatic heterocycles. The van der Waals surface area contributed by atoms with Crippen LogP contribution >= 0.6 is 11.3 Å². The first-order chi connectivity index (χ1) is 13.9. The van der Waals surface area contributed by atoms with Crippen molar-refractivity contribution in [3.8, 4) is 0 Å². The molecular formula is C21H15F2NO4S. The zero-order valence-electron chi connectivity index (χ0n) is 15.2. The third-order valence-corrected chi connectivity index (χ3v) is 4.94. The Labute approximate surface area is 169 Å². The van der Waals surface area contributed by atoms with Gasteiger partial charge in [-0.3, -0.25) is 9.59 Å². The number of Topliss-reactive ketones (excluding diaryl/α,β-unsaturated/α-hetero) is 1. The molecule has 0 atom stereocenters. The molecule has 0 aliphatic carbocycles. The lowest BCUT2D eigenvalue weighted by Gasteiger charge is -2.19. The van der Waals surface area contributed by atoms with Gasteiger partial charge < -0.3 is 9.64 Å². The van der Waals surface area contributed by atoms with Crippen LogP contribution in [0.25, 0.3) is 0 Å². The smallest absolute Gasteiger partial charge is 0.340 e. The van der Waals surface area contributed by atoms with Crippen molar-refractivity contribution in [1.82, 2.24) is 0 Å². The van der Waals surface area contributed by atoms with E-state index in [9.17, 15) is 23.2 Å². The summed E-state index contributed by atoms with van der Waals surface area (Å²) in [7, 11) is 1.52. The van der Waals surface area contributed by atoms with Crippen LogP contribution in [-0.4, -0.2) is 31.3 Å². The van der Waals surface area contributed by atoms with Crippen LogP contribution in [0.4, 0.5) is 14.5 Å². The van der Waals surface area contributed by atoms with E-state index in [1.165, 1.54) is 29.4 Å². The monoisotopic (exact) mass is 415 g/mol. The van der Waals surface area contributed by atoms with Gasteiger partial charge >= 0.3 is 5.97 Å². The Kier molecular flexibility index (Phi) is 6.13. The molecule has 0 N–H and O–H groups in total. The van der Waals surface area contributed by atoms with Gasteiger partial charge in [0.05, 0.1) is 21.7 Å². The molecule has 2 aromatic carbocycles. The molecule has 0 bridgehead atoms. The highest BCUT2D eigenvalue weighted by atomic mass is 32.1. The summed E-state index contributed by atoms with van der Waals surface area (Å²) < 4.78 is 31.9. The van der Waals surface area contributed by atoms with Gasteiger partial charge in [0, 0.05) is 7.05 Å². The van der Waals surface area contributed by atoms with Gasteiger partial charge in [-0.05, 0) is 41.8 Å². The number of nitrogens with zero attached hydrogens (tertiary/aromatic N) is 1. The zero-order chi connectivity index (χ0) is 21.0. The number of para-hydroxylation sites is 1. The molecule has 0 saturated heterocycles. The summed E-state index contributed by atoms with van der Waals surface area (Å²) in [6.07, 6.45) is 0. The van der Waals surface area contributed by atoms with Crippen LogP contribution in [0, 0.1) is 11.6 Å². The molecule has 0 spiro atoms. The number of thiophene rings is 1. The zero-order valence-corrected chi connectivity index (χ0v) is 16.0. The fraction of sp³-hybridized carbons (Fsp3) is 0.0952. The molecule has 0 saturated carbocycles. The van der Waals surface area contributed by atoms with Crippen LogP contribution in [0.5, 0.6) is 0 Å². The average molecular weight is 415 g/mol. The summed E-state index contributed by atoms with van der Waals surface area (Å²) in [6, 6.07) is 12.1. The number of ketones is 1. The third kappa shape index (κ3) is 4.55. The minimum atomic E-state index is -0.908. The maximum absolute atomic E-state index is 13.7. The molecule has 5 nitrogen and oxygen atoms in total. The lowest BCUT2D eigenvalue weighted by atomic mass is 10.1. The summed E-state index contributed by atoms with van der Waals surface area (Å²) in [4.78, 5) is 38.9. The number of halogens is 2. The number of amides is 1. The normalized spacial score (nSPS) is 10.4. The van der Waals surface area contributed by atoms with Crippen molar-refractivity contribution in [2.75, 3.05) is 18.6 Å². The van der Waals surface area contributed by atoms with Crippen LogP contribution < -0.4 is 4.90 Å². The molecule has 0 radical (unpaired) electrons. The molecule has 3 rings (SSSR count). The van der Waals surface area contributed by atoms with Crippen LogP contribution in [0.3, 0.4) is 0 Å². The Balaban J connectivity index is 1.75. The first kappa shape index (κ1) is 20.3. The number of esters is 1. The molecule has 0 unspecified atom stereocenters. The Morgan fingerprint density at radius 3 is 2.48 bits per heavy atom. The summed E-state index contributed by atoms with van der Waals surface area (Å²) in [6.45, 7) is -0.768. The Hall–Kier alpha value is -3.39. The fourth-order valence-electron chi connectivity index (χ4n) is 2.61. The van der Waals surface area contributed by atoms with Gasteiger partial charge in [-0.15, -0.1) is 11.3 Å². The average Bonchev–Trinajstić information content (AvgIpc) is 3.27. The fourth-order valence-corrected chi connectivity index (χ4v) is 3.31. The van der Waals surface area contributed by atoms with Crippen molar-refractivity contribution >= 4 is 34.7 Å². The van der Waals surface area contributed by atoms with Crippen molar-refractivity contribution in [1.29, 1.82) is 0 Å². The number of rotatable bonds is 6. The van der Waals surface area contributed by atoms with E-state index in [0.717, 1.165) is 18.2 Å². The highest BCUT2D eigenvalue weighted by molar-refractivity contribution is 7.12. The molecular weight excluding hydrogens is 400 g/mol. The maximum Gasteiger partial charge on any atom is 0.340 e. The summed E-state index contributed by atoms with van der Waals surface area (Å²) in [5.41, 5.74) is -0.149. The highest BCUT2D eigenvalue weighted by Crippen LogP contribution is 2.23. The van der Waals surface area contributed by atoms with Crippen LogP contribution in [0.1, 0.15) is 30.4 Å². The van der Waals surface area contributed by atoms with Crippen molar-refractivity contribution in [3.63, 3.8) is 0 Å². The molecule has 0 aliphatic rings. The molecule has 1 heterocycles. The Morgan fingerprint density at radius 2 is 1.76 bits per heavy atom. The quantitative estimate of drug-likeness (QED) is 0.444. The van der Waals surface area contributed by atoms with Crippen LogP contribution in [-0.2, 0) is 4.74 Å². The van der Waals surface area contributed by atoms with E-state index in [4.69, 9.17) is 4.74 Å². The number of hydrogen-bond acceptors (Lipinski definition) is 5. The standard InChI is InChI=1S/C21H15F2NO4S/c1-24(20(26)19-7-4-10-29-19)17-6-3-2-5-14(17)21(27)28-12-18(25)15-11-13(22)8-9-16(15)23/h2-11H,12H2,1H3. The Morgan fingerprint density at radius 1 is 1.00 bits per heavy atom. The van der Waals surface area contributed by atoms with E-state index in [0.29, 0.717) is 10.6 Å². The summed E-state index contributed by atoms with van der Waals surface area (Å²) in [5.74, 6) is -3.74. The van der Waals surface area contributed by atoms with Gasteiger partial charge in [0.15, 0.2) is 6.61 Å². The second-order valence-electron chi connectivity index (χ2n) is 5.98. The number of carbonyl (C=O) groups is 3. The van der Waals surface area contributed by atoms with Crippen molar-refractivity contribution in [3.05, 3.63) is 87.6 Å². The number of ether oxygens (including phenoxy) is 1. The lowest BCUT2D eigenvalue weighted by molar-refractivity contribution is 0.0474. The number of benzene rings is 2. The molecule has 0 fully saturated rings. The number of hydrogen-bond donors (Lipinski definition) is 0. The van der Waals surface area contributed by atoms with E-state index >= 15 is 0 Å². The van der Waals surface area contributed by atoms with E-state index in [2.05, 4.69) is 0 Å². The van der Waals surface area contributed by atoms with Crippen LogP contribution in [0.2, 0.25) is 0 Å². The first-order valence-electron chi connectivity index (χ1n) is 8.44. The lowest BCUT2D eigenvalue weighted by Crippen LogP contribution is -2.27. The molecule has 1 aromatic heterocycles. The first-order valence-corrected chi connectivity index (χ1v) is 9.32. The largest absolute Gasteiger partial charge is 0.454 e. The summed E-state index contributed by atoms with van der Waals surface area (Å²) >= 11 is 1.26. The molecule has 3 aromatic rings. The van der Waals surface area contributed by atoms with Crippen molar-refractivity contribution in [2.45, 2.75) is 0 Å². The molecule has 8 heteroatoms. The predicted octanol–water partition coefficient (Wildman–Crippen LogP) is 4.34. The molecule has 148 valence electrons. The van der Waals surface area contributed by atoms with Gasteiger partial charge in [-0.1, -0.05) is 18.2 Å². The van der Waals surface area contributed by atoms with E-state index in [1.807, 2.05) is 0 Å². The molecule has 29 heavy (non-hydrogen) atoms. The minimum Gasteiger partial charge on any atom is -0.454 e. The molecule has 1 amide bonds. The third-order valence-electron chi connectivity index (χ3n) is 4.09. The Bertz CT molecular complexity index is 1070. The number of carbonyl (C=O) groups excluding carboxylic acids is 3. The summed E-state index contributed by atoms with van der Waals surface area (Å²) in [5, 5.41) is 1.76. The van der Waals surface area contributed by atoms with Gasteiger partial charge in [0.2, 0.25) is 5.78 Å². The highest BCUT2D eigenvalue weighted by Gasteiger charge is 2.22. The minimum absolute atomic E-state index is 0.0624. The van der Waals surface area contributed by atoms with Gasteiger partial charge in [0.1, 0.15) is 11.6 Å². The van der Waals surface area contributed by atoms with E-state index in [1.54, 1.807) is 35.7 Å². The maximum atomic E-state index is 13.7. The van der Waals surface area contributed by atoms with Crippen LogP contribution in [0.15, 0.2) is 60.0 Å². The van der Waals surface area contributed by atoms with Crippen molar-refractivity contribution in [2.24, 2.45) is 0 Å². The van der Waals surface area contributed by atoms with Gasteiger partial charge in [0.25, 0.3) is 5.91 Å². The topological polar surface area (TPSA) is 63.7 Å². The predicted molar refractivity (Wildman–Crippen MR) is 104 cm³/mol. The van der Waals surface area contributed by atoms with Gasteiger partial charge in [-0.2, -0.15) is 0 Å². The second kappa shape index (κ2) is 8.74. The second-order valence-corrected chi connectivity index (χ2v) is 6.93. The van der Waals surface area contributed by atoms with E-state index in [-0.39, 0.29) is 11.5 Å². The van der Waals surface area contributed by atoms with E-state index < -0.39 is 35.6 Å². The van der Waals surface area contributed by atoms with Gasteiger partial charge in [-0.25, -0.2) is 13.6 Å². The van der Waals surface area contributed by atoms with Crippen molar-refractivity contribution < 1.29 is 27.9 Å². The number of anilines is 1. The SMILES string of the molecule is CN(C(=O)c1cccs1)c1ccccc1C(=O)OCC(=O)c1cc(F)ccc1F.